The average Bonchev–Trinajstić information content (AvgIpc) is 2.44. The van der Waals surface area contributed by atoms with E-state index in [2.05, 4.69) is 24.3 Å². The molecular formula is C17H21N2O2+. The van der Waals surface area contributed by atoms with Crippen LogP contribution in [-0.2, 0) is 4.74 Å². The van der Waals surface area contributed by atoms with Gasteiger partial charge in [-0.15, -0.1) is 0 Å². The third kappa shape index (κ3) is 2.71. The van der Waals surface area contributed by atoms with Gasteiger partial charge in [0.15, 0.2) is 0 Å². The van der Waals surface area contributed by atoms with Crippen molar-refractivity contribution in [2.75, 3.05) is 6.54 Å². The Kier molecular flexibility index (Phi) is 3.32. The Morgan fingerprint density at radius 2 is 2.00 bits per heavy atom. The van der Waals surface area contributed by atoms with Crippen LogP contribution >= 0.6 is 0 Å². The summed E-state index contributed by atoms with van der Waals surface area (Å²) in [5, 5.41) is 0. The topological polar surface area (TPSA) is 32.5 Å². The Morgan fingerprint density at radius 1 is 1.24 bits per heavy atom. The van der Waals surface area contributed by atoms with Crippen LogP contribution in [0.2, 0.25) is 0 Å². The van der Waals surface area contributed by atoms with E-state index in [-0.39, 0.29) is 12.0 Å². The van der Waals surface area contributed by atoms with E-state index >= 15 is 0 Å². The minimum Gasteiger partial charge on any atom is -0.426 e. The first-order valence-corrected chi connectivity index (χ1v) is 7.31. The molecule has 4 heteroatoms. The first-order valence-electron chi connectivity index (χ1n) is 7.31. The normalized spacial score (nSPS) is 26.7. The van der Waals surface area contributed by atoms with Crippen molar-refractivity contribution in [1.29, 1.82) is 0 Å². The zero-order chi connectivity index (χ0) is 15.0. The van der Waals surface area contributed by atoms with E-state index in [9.17, 15) is 4.79 Å². The van der Waals surface area contributed by atoms with Gasteiger partial charge < -0.3 is 4.74 Å². The number of amides is 1. The highest BCUT2D eigenvalue weighted by molar-refractivity contribution is 5.96. The number of nitrogens with zero attached hydrogens (tertiary/aromatic N) is 2. The molecule has 0 fully saturated rings. The molecule has 0 aromatic carbocycles. The van der Waals surface area contributed by atoms with Crippen molar-refractivity contribution in [2.24, 2.45) is 11.8 Å². The third-order valence-electron chi connectivity index (χ3n) is 3.65. The molecule has 0 aromatic rings. The maximum absolute atomic E-state index is 12.5. The summed E-state index contributed by atoms with van der Waals surface area (Å²) in [5.74, 6) is 1.45. The lowest BCUT2D eigenvalue weighted by Gasteiger charge is -2.31. The zero-order valence-corrected chi connectivity index (χ0v) is 12.7. The number of rotatable bonds is 0. The molecule has 2 aliphatic heterocycles. The molecule has 3 aliphatic rings. The fourth-order valence-electron chi connectivity index (χ4n) is 2.80. The van der Waals surface area contributed by atoms with Gasteiger partial charge in [-0.3, -0.25) is 0 Å². The maximum Gasteiger partial charge on any atom is 0.507 e. The first-order chi connectivity index (χ1) is 9.96. The number of ether oxygens (including phenoxy) is 1. The first kappa shape index (κ1) is 13.9. The smallest absolute Gasteiger partial charge is 0.426 e. The number of amidine groups is 1. The van der Waals surface area contributed by atoms with Crippen molar-refractivity contribution in [3.63, 3.8) is 0 Å². The number of hydrogen-bond donors (Lipinski definition) is 0. The monoisotopic (exact) mass is 285 g/mol. The number of allylic oxidation sites excluding steroid dienone is 4. The number of carbonyl (C=O) groups excluding carboxylic acids is 1. The summed E-state index contributed by atoms with van der Waals surface area (Å²) < 4.78 is 7.56. The molecule has 1 amide bonds. The van der Waals surface area contributed by atoms with E-state index in [1.807, 2.05) is 49.9 Å². The van der Waals surface area contributed by atoms with E-state index in [1.54, 1.807) is 4.90 Å². The van der Waals surface area contributed by atoms with Crippen molar-refractivity contribution >= 4 is 11.9 Å². The minimum absolute atomic E-state index is 0.178. The van der Waals surface area contributed by atoms with Crippen LogP contribution in [-0.4, -0.2) is 33.6 Å². The van der Waals surface area contributed by atoms with Gasteiger partial charge in [0.05, 0.1) is 18.3 Å². The van der Waals surface area contributed by atoms with Crippen molar-refractivity contribution in [3.05, 3.63) is 48.9 Å². The van der Waals surface area contributed by atoms with Gasteiger partial charge in [0.25, 0.3) is 5.84 Å². The lowest BCUT2D eigenvalue weighted by molar-refractivity contribution is -0.393. The molecule has 110 valence electrons. The highest BCUT2D eigenvalue weighted by atomic mass is 16.6. The summed E-state index contributed by atoms with van der Waals surface area (Å²) in [6.45, 7) is 6.22. The second-order valence-electron chi connectivity index (χ2n) is 6.46. The SMILES string of the molecule is CC(C)(C)OC(=O)N1CC=C[N+]2=C1C1C=CC=CC1C=C2. The van der Waals surface area contributed by atoms with Crippen LogP contribution in [0, 0.1) is 11.8 Å². The van der Waals surface area contributed by atoms with Crippen molar-refractivity contribution in [2.45, 2.75) is 26.4 Å². The summed E-state index contributed by atoms with van der Waals surface area (Å²) in [5.41, 5.74) is -0.490. The second-order valence-corrected chi connectivity index (χ2v) is 6.46. The standard InChI is InChI=1S/C17H21N2O2/c1-17(2,3)21-16(20)19-11-6-10-18-12-9-13-7-4-5-8-14(13)15(18)19/h4-10,12-14H,11H2,1-3H3/q+1. The summed E-state index contributed by atoms with van der Waals surface area (Å²) in [6.07, 6.45) is 16.3. The van der Waals surface area contributed by atoms with Crippen LogP contribution in [0.15, 0.2) is 48.9 Å². The molecule has 1 aliphatic carbocycles. The lowest BCUT2D eigenvalue weighted by Crippen LogP contribution is -2.50. The average molecular weight is 285 g/mol. The van der Waals surface area contributed by atoms with Crippen LogP contribution in [0.1, 0.15) is 20.8 Å². The Hall–Kier alpha value is -2.10. The van der Waals surface area contributed by atoms with Gasteiger partial charge in [0.1, 0.15) is 12.1 Å². The summed E-state index contributed by atoms with van der Waals surface area (Å²) in [4.78, 5) is 14.2. The molecule has 0 N–H and O–H groups in total. The predicted molar refractivity (Wildman–Crippen MR) is 81.7 cm³/mol. The van der Waals surface area contributed by atoms with E-state index in [0.29, 0.717) is 12.5 Å². The molecule has 21 heavy (non-hydrogen) atoms. The van der Waals surface area contributed by atoms with Crippen LogP contribution in [0.5, 0.6) is 0 Å². The van der Waals surface area contributed by atoms with Crippen LogP contribution < -0.4 is 0 Å². The van der Waals surface area contributed by atoms with Gasteiger partial charge in [0, 0.05) is 5.92 Å². The quantitative estimate of drug-likeness (QED) is 0.641. The molecule has 3 rings (SSSR count). The predicted octanol–water partition coefficient (Wildman–Crippen LogP) is 3.05. The fraction of sp³-hybridized carbons (Fsp3) is 0.412. The van der Waals surface area contributed by atoms with E-state index in [4.69, 9.17) is 4.74 Å². The summed E-state index contributed by atoms with van der Waals surface area (Å²) in [6, 6.07) is 0. The molecule has 0 saturated carbocycles. The maximum atomic E-state index is 12.5. The Morgan fingerprint density at radius 3 is 2.76 bits per heavy atom. The molecule has 2 heterocycles. The van der Waals surface area contributed by atoms with Crippen LogP contribution in [0.25, 0.3) is 0 Å². The molecule has 4 nitrogen and oxygen atoms in total. The van der Waals surface area contributed by atoms with Crippen molar-refractivity contribution in [3.8, 4) is 0 Å². The van der Waals surface area contributed by atoms with Gasteiger partial charge in [-0.25, -0.2) is 4.58 Å². The minimum atomic E-state index is -0.490. The summed E-state index contributed by atoms with van der Waals surface area (Å²) >= 11 is 0. The molecular weight excluding hydrogens is 264 g/mol. The number of fused-ring (bicyclic) bond motifs is 2. The molecule has 0 aromatic heterocycles. The number of hydrogen-bond acceptors (Lipinski definition) is 2. The Balaban J connectivity index is 1.93. The van der Waals surface area contributed by atoms with Gasteiger partial charge in [-0.05, 0) is 32.9 Å². The molecule has 2 atom stereocenters. The van der Waals surface area contributed by atoms with Crippen molar-refractivity contribution in [1.82, 2.24) is 4.90 Å². The van der Waals surface area contributed by atoms with E-state index in [0.717, 1.165) is 5.84 Å². The molecule has 2 unspecified atom stereocenters. The third-order valence-corrected chi connectivity index (χ3v) is 3.65. The van der Waals surface area contributed by atoms with Crippen molar-refractivity contribution < 1.29 is 14.1 Å². The van der Waals surface area contributed by atoms with Gasteiger partial charge in [-0.1, -0.05) is 24.3 Å². The molecule has 0 spiro atoms. The largest absolute Gasteiger partial charge is 0.507 e. The second kappa shape index (κ2) is 5.02. The van der Waals surface area contributed by atoms with E-state index in [1.165, 1.54) is 0 Å². The highest BCUT2D eigenvalue weighted by Crippen LogP contribution is 2.29. The lowest BCUT2D eigenvalue weighted by atomic mass is 9.85. The molecule has 0 radical (unpaired) electrons. The Bertz CT molecular complexity index is 603. The van der Waals surface area contributed by atoms with Crippen LogP contribution in [0.3, 0.4) is 0 Å². The zero-order valence-electron chi connectivity index (χ0n) is 12.7. The van der Waals surface area contributed by atoms with Gasteiger partial charge >= 0.3 is 6.09 Å². The highest BCUT2D eigenvalue weighted by Gasteiger charge is 2.42. The molecule has 0 saturated heterocycles. The number of carbonyl (C=O) groups is 1. The van der Waals surface area contributed by atoms with Gasteiger partial charge in [0.2, 0.25) is 0 Å². The van der Waals surface area contributed by atoms with Gasteiger partial charge in [-0.2, -0.15) is 9.69 Å². The molecule has 0 bridgehead atoms. The fourth-order valence-corrected chi connectivity index (χ4v) is 2.80. The summed E-state index contributed by atoms with van der Waals surface area (Å²) in [7, 11) is 0. The Labute approximate surface area is 125 Å². The van der Waals surface area contributed by atoms with Crippen LogP contribution in [0.4, 0.5) is 4.79 Å². The van der Waals surface area contributed by atoms with E-state index < -0.39 is 5.60 Å².